The summed E-state index contributed by atoms with van der Waals surface area (Å²) in [5.41, 5.74) is 0. The van der Waals surface area contributed by atoms with Crippen molar-refractivity contribution in [3.63, 3.8) is 0 Å². The fourth-order valence-electron chi connectivity index (χ4n) is 2.56. The first-order valence-electron chi connectivity index (χ1n) is 6.25. The molecule has 0 aromatic heterocycles. The van der Waals surface area contributed by atoms with Crippen LogP contribution in [0, 0.1) is 5.92 Å². The van der Waals surface area contributed by atoms with E-state index < -0.39 is 0 Å². The zero-order valence-corrected chi connectivity index (χ0v) is 9.34. The number of ether oxygens (including phenoxy) is 1. The van der Waals surface area contributed by atoms with E-state index in [9.17, 15) is 4.79 Å². The Hall–Kier alpha value is -0.570. The molecule has 15 heavy (non-hydrogen) atoms. The fraction of sp³-hybridized carbons (Fsp3) is 0.917. The van der Waals surface area contributed by atoms with Gasteiger partial charge in [-0.1, -0.05) is 12.8 Å². The summed E-state index contributed by atoms with van der Waals surface area (Å²) < 4.78 is 5.51. The fourth-order valence-corrected chi connectivity index (χ4v) is 2.56. The van der Waals surface area contributed by atoms with Gasteiger partial charge in [0, 0.05) is 19.1 Å². The molecule has 0 bridgehead atoms. The average molecular weight is 211 g/mol. The monoisotopic (exact) mass is 211 g/mol. The highest BCUT2D eigenvalue weighted by atomic mass is 16.5. The molecule has 2 fully saturated rings. The van der Waals surface area contributed by atoms with Gasteiger partial charge in [-0.15, -0.1) is 0 Å². The molecule has 2 aliphatic rings. The van der Waals surface area contributed by atoms with Gasteiger partial charge < -0.3 is 10.1 Å². The Morgan fingerprint density at radius 2 is 2.00 bits per heavy atom. The second-order valence-corrected chi connectivity index (χ2v) is 4.70. The molecule has 1 amide bonds. The maximum absolute atomic E-state index is 11.7. The van der Waals surface area contributed by atoms with Gasteiger partial charge in [0.05, 0.1) is 6.10 Å². The topological polar surface area (TPSA) is 38.3 Å². The maximum Gasteiger partial charge on any atom is 0.223 e. The predicted octanol–water partition coefficient (Wildman–Crippen LogP) is 1.86. The SMILES string of the molecule is O=C(NCCC1CCCO1)C1CCCC1. The molecule has 0 aromatic carbocycles. The standard InChI is InChI=1S/C12H21NO2/c14-12(10-4-1-2-5-10)13-8-7-11-6-3-9-15-11/h10-11H,1-9H2,(H,13,14). The van der Waals surface area contributed by atoms with Crippen molar-refractivity contribution in [1.82, 2.24) is 5.32 Å². The van der Waals surface area contributed by atoms with Crippen LogP contribution in [0.2, 0.25) is 0 Å². The Labute approximate surface area is 91.6 Å². The van der Waals surface area contributed by atoms with E-state index in [1.807, 2.05) is 0 Å². The largest absolute Gasteiger partial charge is 0.378 e. The van der Waals surface area contributed by atoms with E-state index in [1.54, 1.807) is 0 Å². The van der Waals surface area contributed by atoms with Crippen molar-refractivity contribution >= 4 is 5.91 Å². The number of hydrogen-bond donors (Lipinski definition) is 1. The quantitative estimate of drug-likeness (QED) is 0.771. The van der Waals surface area contributed by atoms with Crippen molar-refractivity contribution in [2.24, 2.45) is 5.92 Å². The number of rotatable bonds is 4. The Morgan fingerprint density at radius 1 is 1.20 bits per heavy atom. The number of hydrogen-bond acceptors (Lipinski definition) is 2. The van der Waals surface area contributed by atoms with Crippen molar-refractivity contribution in [3.05, 3.63) is 0 Å². The molecular formula is C12H21NO2. The van der Waals surface area contributed by atoms with Gasteiger partial charge in [-0.25, -0.2) is 0 Å². The molecule has 1 atom stereocenters. The Morgan fingerprint density at radius 3 is 2.67 bits per heavy atom. The van der Waals surface area contributed by atoms with Crippen molar-refractivity contribution in [3.8, 4) is 0 Å². The van der Waals surface area contributed by atoms with Gasteiger partial charge in [-0.05, 0) is 32.1 Å². The molecule has 1 saturated heterocycles. The molecule has 86 valence electrons. The summed E-state index contributed by atoms with van der Waals surface area (Å²) in [7, 11) is 0. The van der Waals surface area contributed by atoms with Crippen molar-refractivity contribution in [2.45, 2.75) is 51.0 Å². The first kappa shape index (κ1) is 10.9. The molecule has 2 rings (SSSR count). The molecule has 1 heterocycles. The van der Waals surface area contributed by atoms with Crippen LogP contribution >= 0.6 is 0 Å². The van der Waals surface area contributed by atoms with Crippen LogP contribution in [0.3, 0.4) is 0 Å². The Bertz CT molecular complexity index is 206. The second-order valence-electron chi connectivity index (χ2n) is 4.70. The lowest BCUT2D eigenvalue weighted by Gasteiger charge is -2.12. The molecule has 1 N–H and O–H groups in total. The average Bonchev–Trinajstić information content (AvgIpc) is 2.90. The summed E-state index contributed by atoms with van der Waals surface area (Å²) in [5, 5.41) is 3.03. The van der Waals surface area contributed by atoms with Gasteiger partial charge in [0.1, 0.15) is 0 Å². The summed E-state index contributed by atoms with van der Waals surface area (Å²) in [4.78, 5) is 11.7. The summed E-state index contributed by atoms with van der Waals surface area (Å²) >= 11 is 0. The van der Waals surface area contributed by atoms with Crippen molar-refractivity contribution in [2.75, 3.05) is 13.2 Å². The van der Waals surface area contributed by atoms with E-state index in [0.29, 0.717) is 12.0 Å². The third kappa shape index (κ3) is 3.20. The molecule has 1 unspecified atom stereocenters. The highest BCUT2D eigenvalue weighted by Crippen LogP contribution is 2.24. The molecule has 1 aliphatic heterocycles. The molecule has 1 saturated carbocycles. The number of carbonyl (C=O) groups excluding carboxylic acids is 1. The van der Waals surface area contributed by atoms with Gasteiger partial charge in [0.15, 0.2) is 0 Å². The third-order valence-electron chi connectivity index (χ3n) is 3.52. The lowest BCUT2D eigenvalue weighted by atomic mass is 10.1. The van der Waals surface area contributed by atoms with E-state index in [0.717, 1.165) is 32.4 Å². The molecule has 3 heteroatoms. The highest BCUT2D eigenvalue weighted by molar-refractivity contribution is 5.78. The Balaban J connectivity index is 1.58. The number of amides is 1. The van der Waals surface area contributed by atoms with Gasteiger partial charge in [0.25, 0.3) is 0 Å². The van der Waals surface area contributed by atoms with Crippen LogP contribution in [0.15, 0.2) is 0 Å². The maximum atomic E-state index is 11.7. The molecule has 0 spiro atoms. The van der Waals surface area contributed by atoms with Gasteiger partial charge >= 0.3 is 0 Å². The van der Waals surface area contributed by atoms with E-state index >= 15 is 0 Å². The molecule has 1 aliphatic carbocycles. The van der Waals surface area contributed by atoms with Gasteiger partial charge in [-0.2, -0.15) is 0 Å². The zero-order valence-electron chi connectivity index (χ0n) is 9.34. The van der Waals surface area contributed by atoms with Gasteiger partial charge in [-0.3, -0.25) is 4.79 Å². The molecular weight excluding hydrogens is 190 g/mol. The van der Waals surface area contributed by atoms with Crippen LogP contribution in [-0.2, 0) is 9.53 Å². The van der Waals surface area contributed by atoms with Crippen molar-refractivity contribution in [1.29, 1.82) is 0 Å². The van der Waals surface area contributed by atoms with Crippen LogP contribution in [-0.4, -0.2) is 25.2 Å². The van der Waals surface area contributed by atoms with E-state index in [-0.39, 0.29) is 5.91 Å². The summed E-state index contributed by atoms with van der Waals surface area (Å²) in [6.45, 7) is 1.70. The van der Waals surface area contributed by atoms with Crippen LogP contribution < -0.4 is 5.32 Å². The summed E-state index contributed by atoms with van der Waals surface area (Å²) in [6, 6.07) is 0. The smallest absolute Gasteiger partial charge is 0.223 e. The normalized spacial score (nSPS) is 27.1. The zero-order chi connectivity index (χ0) is 10.5. The van der Waals surface area contributed by atoms with Crippen LogP contribution in [0.25, 0.3) is 0 Å². The van der Waals surface area contributed by atoms with Crippen LogP contribution in [0.4, 0.5) is 0 Å². The van der Waals surface area contributed by atoms with E-state index in [4.69, 9.17) is 4.74 Å². The van der Waals surface area contributed by atoms with E-state index in [2.05, 4.69) is 5.32 Å². The first-order valence-corrected chi connectivity index (χ1v) is 6.25. The lowest BCUT2D eigenvalue weighted by molar-refractivity contribution is -0.124. The lowest BCUT2D eigenvalue weighted by Crippen LogP contribution is -2.31. The first-order chi connectivity index (χ1) is 7.36. The highest BCUT2D eigenvalue weighted by Gasteiger charge is 2.22. The molecule has 0 aromatic rings. The summed E-state index contributed by atoms with van der Waals surface area (Å²) in [6.07, 6.45) is 8.36. The minimum Gasteiger partial charge on any atom is -0.378 e. The summed E-state index contributed by atoms with van der Waals surface area (Å²) in [5.74, 6) is 0.569. The number of nitrogens with one attached hydrogen (secondary N) is 1. The second kappa shape index (κ2) is 5.50. The van der Waals surface area contributed by atoms with Crippen LogP contribution in [0.5, 0.6) is 0 Å². The third-order valence-corrected chi connectivity index (χ3v) is 3.52. The van der Waals surface area contributed by atoms with E-state index in [1.165, 1.54) is 25.7 Å². The van der Waals surface area contributed by atoms with Gasteiger partial charge in [0.2, 0.25) is 5.91 Å². The number of carbonyl (C=O) groups is 1. The minimum absolute atomic E-state index is 0.269. The predicted molar refractivity (Wildman–Crippen MR) is 58.6 cm³/mol. The van der Waals surface area contributed by atoms with Crippen LogP contribution in [0.1, 0.15) is 44.9 Å². The minimum atomic E-state index is 0.269. The van der Waals surface area contributed by atoms with Crippen molar-refractivity contribution < 1.29 is 9.53 Å². The molecule has 0 radical (unpaired) electrons. The molecule has 3 nitrogen and oxygen atoms in total. The Kier molecular flexibility index (Phi) is 4.01.